The van der Waals surface area contributed by atoms with E-state index in [1.807, 2.05) is 0 Å². The Bertz CT molecular complexity index is 374. The molecular weight excluding hydrogens is 234 g/mol. The summed E-state index contributed by atoms with van der Waals surface area (Å²) in [5.74, 6) is 0.438. The summed E-state index contributed by atoms with van der Waals surface area (Å²) < 4.78 is 4.66. The maximum Gasteiger partial charge on any atom is 0.325 e. The van der Waals surface area contributed by atoms with E-state index in [2.05, 4.69) is 35.9 Å². The van der Waals surface area contributed by atoms with Gasteiger partial charge in [0.25, 0.3) is 0 Å². The Morgan fingerprint density at radius 3 is 2.53 bits per heavy atom. The molecule has 0 aromatic heterocycles. The van der Waals surface area contributed by atoms with Crippen molar-refractivity contribution in [2.24, 2.45) is 5.73 Å². The van der Waals surface area contributed by atoms with Crippen LogP contribution in [0.3, 0.4) is 0 Å². The zero-order chi connectivity index (χ0) is 12.9. The Kier molecular flexibility index (Phi) is 5.02. The lowest BCUT2D eigenvalue weighted by Crippen LogP contribution is -2.46. The molecule has 0 heterocycles. The number of thioether (sulfide) groups is 1. The van der Waals surface area contributed by atoms with Crippen molar-refractivity contribution in [1.29, 1.82) is 0 Å². The van der Waals surface area contributed by atoms with Crippen LogP contribution in [0.25, 0.3) is 0 Å². The highest BCUT2D eigenvalue weighted by atomic mass is 32.2. The number of hydrogen-bond acceptors (Lipinski definition) is 4. The number of nitrogens with two attached hydrogens (primary N) is 1. The zero-order valence-electron chi connectivity index (χ0n) is 10.5. The molecule has 0 bridgehead atoms. The first-order chi connectivity index (χ1) is 7.95. The Labute approximate surface area is 107 Å². The van der Waals surface area contributed by atoms with Crippen LogP contribution >= 0.6 is 11.8 Å². The van der Waals surface area contributed by atoms with Gasteiger partial charge in [-0.15, -0.1) is 11.8 Å². The first kappa shape index (κ1) is 14.1. The number of ether oxygens (including phenoxy) is 1. The van der Waals surface area contributed by atoms with Gasteiger partial charge in [0.15, 0.2) is 0 Å². The van der Waals surface area contributed by atoms with Crippen LogP contribution < -0.4 is 5.73 Å². The molecule has 1 rings (SSSR count). The third kappa shape index (κ3) is 4.40. The predicted molar refractivity (Wildman–Crippen MR) is 71.1 cm³/mol. The maximum atomic E-state index is 11.4. The molecule has 1 aromatic carbocycles. The number of carbonyl (C=O) groups excluding carboxylic acids is 1. The van der Waals surface area contributed by atoms with Crippen molar-refractivity contribution in [3.8, 4) is 0 Å². The summed E-state index contributed by atoms with van der Waals surface area (Å²) in [6.45, 7) is 3.76. The van der Waals surface area contributed by atoms with E-state index in [1.165, 1.54) is 17.6 Å². The van der Waals surface area contributed by atoms with Gasteiger partial charge in [0.1, 0.15) is 5.54 Å². The molecule has 4 heteroatoms. The summed E-state index contributed by atoms with van der Waals surface area (Å²) >= 11 is 1.70. The largest absolute Gasteiger partial charge is 0.468 e. The minimum absolute atomic E-state index is 0.359. The van der Waals surface area contributed by atoms with Crippen molar-refractivity contribution < 1.29 is 9.53 Å². The van der Waals surface area contributed by atoms with E-state index in [-0.39, 0.29) is 5.97 Å². The molecule has 0 aliphatic carbocycles. The molecule has 1 atom stereocenters. The van der Waals surface area contributed by atoms with Crippen molar-refractivity contribution in [2.75, 3.05) is 12.9 Å². The van der Waals surface area contributed by atoms with Crippen LogP contribution in [-0.4, -0.2) is 24.4 Å². The lowest BCUT2D eigenvalue weighted by Gasteiger charge is -2.20. The minimum Gasteiger partial charge on any atom is -0.468 e. The highest BCUT2D eigenvalue weighted by Crippen LogP contribution is 2.21. The number of carbonyl (C=O) groups is 1. The van der Waals surface area contributed by atoms with Crippen molar-refractivity contribution in [2.45, 2.75) is 30.7 Å². The summed E-state index contributed by atoms with van der Waals surface area (Å²) in [6.07, 6.45) is 0.595. The average Bonchev–Trinajstić information content (AvgIpc) is 2.30. The fraction of sp³-hybridized carbons (Fsp3) is 0.462. The lowest BCUT2D eigenvalue weighted by atomic mass is 10.0. The van der Waals surface area contributed by atoms with E-state index in [0.717, 1.165) is 5.75 Å². The number of esters is 1. The number of aryl methyl sites for hydroxylation is 1. The minimum atomic E-state index is -0.896. The molecule has 0 saturated heterocycles. The Morgan fingerprint density at radius 1 is 1.41 bits per heavy atom. The van der Waals surface area contributed by atoms with Crippen LogP contribution in [-0.2, 0) is 9.53 Å². The van der Waals surface area contributed by atoms with Crippen LogP contribution in [0.4, 0.5) is 0 Å². The zero-order valence-corrected chi connectivity index (χ0v) is 11.3. The van der Waals surface area contributed by atoms with Gasteiger partial charge in [-0.1, -0.05) is 17.7 Å². The topological polar surface area (TPSA) is 52.3 Å². The SMILES string of the molecule is COC(=O)C(C)(N)CCSc1ccc(C)cc1. The molecule has 0 fully saturated rings. The molecule has 0 aliphatic rings. The van der Waals surface area contributed by atoms with Crippen molar-refractivity contribution in [3.63, 3.8) is 0 Å². The molecule has 1 unspecified atom stereocenters. The van der Waals surface area contributed by atoms with Crippen LogP contribution in [0, 0.1) is 6.92 Å². The number of benzene rings is 1. The van der Waals surface area contributed by atoms with Gasteiger partial charge in [-0.25, -0.2) is 0 Å². The molecule has 3 nitrogen and oxygen atoms in total. The molecular formula is C13H19NO2S. The smallest absolute Gasteiger partial charge is 0.325 e. The molecule has 0 spiro atoms. The lowest BCUT2D eigenvalue weighted by molar-refractivity contribution is -0.146. The molecule has 0 aliphatic heterocycles. The summed E-state index contributed by atoms with van der Waals surface area (Å²) in [7, 11) is 1.36. The fourth-order valence-electron chi connectivity index (χ4n) is 1.35. The Balaban J connectivity index is 2.42. The summed E-state index contributed by atoms with van der Waals surface area (Å²) in [5, 5.41) is 0. The van der Waals surface area contributed by atoms with E-state index in [9.17, 15) is 4.79 Å². The summed E-state index contributed by atoms with van der Waals surface area (Å²) in [5.41, 5.74) is 6.22. The number of methoxy groups -OCH3 is 1. The van der Waals surface area contributed by atoms with Gasteiger partial charge in [-0.3, -0.25) is 4.79 Å². The van der Waals surface area contributed by atoms with Gasteiger partial charge in [0.2, 0.25) is 0 Å². The van der Waals surface area contributed by atoms with Crippen LogP contribution in [0.1, 0.15) is 18.9 Å². The summed E-state index contributed by atoms with van der Waals surface area (Å²) in [6, 6.07) is 8.30. The van der Waals surface area contributed by atoms with E-state index >= 15 is 0 Å². The second kappa shape index (κ2) is 6.07. The third-order valence-corrected chi connectivity index (χ3v) is 3.58. The molecule has 17 heavy (non-hydrogen) atoms. The van der Waals surface area contributed by atoms with Gasteiger partial charge >= 0.3 is 5.97 Å². The van der Waals surface area contributed by atoms with Gasteiger partial charge in [-0.05, 0) is 32.4 Å². The monoisotopic (exact) mass is 253 g/mol. The number of hydrogen-bond donors (Lipinski definition) is 1. The third-order valence-electron chi connectivity index (χ3n) is 2.56. The van der Waals surface area contributed by atoms with Crippen LogP contribution in [0.5, 0.6) is 0 Å². The van der Waals surface area contributed by atoms with E-state index < -0.39 is 5.54 Å². The van der Waals surface area contributed by atoms with Crippen LogP contribution in [0.15, 0.2) is 29.2 Å². The Hall–Kier alpha value is -1.00. The van der Waals surface area contributed by atoms with E-state index in [0.29, 0.717) is 6.42 Å². The quantitative estimate of drug-likeness (QED) is 0.646. The van der Waals surface area contributed by atoms with Gasteiger partial charge in [0.05, 0.1) is 7.11 Å². The van der Waals surface area contributed by atoms with E-state index in [4.69, 9.17) is 5.73 Å². The second-order valence-electron chi connectivity index (χ2n) is 4.32. The maximum absolute atomic E-state index is 11.4. The van der Waals surface area contributed by atoms with E-state index in [1.54, 1.807) is 18.7 Å². The van der Waals surface area contributed by atoms with Gasteiger partial charge < -0.3 is 10.5 Å². The molecule has 2 N–H and O–H groups in total. The number of rotatable bonds is 5. The predicted octanol–water partition coefficient (Wildman–Crippen LogP) is 2.37. The first-order valence-electron chi connectivity index (χ1n) is 5.52. The molecule has 94 valence electrons. The molecule has 1 aromatic rings. The van der Waals surface area contributed by atoms with Gasteiger partial charge in [0, 0.05) is 10.6 Å². The second-order valence-corrected chi connectivity index (χ2v) is 5.49. The van der Waals surface area contributed by atoms with Crippen LogP contribution in [0.2, 0.25) is 0 Å². The average molecular weight is 253 g/mol. The van der Waals surface area contributed by atoms with Crippen molar-refractivity contribution in [3.05, 3.63) is 29.8 Å². The first-order valence-corrected chi connectivity index (χ1v) is 6.51. The standard InChI is InChI=1S/C13H19NO2S/c1-10-4-6-11(7-5-10)17-9-8-13(2,14)12(15)16-3/h4-7H,8-9,14H2,1-3H3. The normalized spacial score (nSPS) is 14.1. The highest BCUT2D eigenvalue weighted by Gasteiger charge is 2.28. The van der Waals surface area contributed by atoms with Crippen molar-refractivity contribution in [1.82, 2.24) is 0 Å². The fourth-order valence-corrected chi connectivity index (χ4v) is 2.44. The molecule has 0 radical (unpaired) electrons. The summed E-state index contributed by atoms with van der Waals surface area (Å²) in [4.78, 5) is 12.6. The Morgan fingerprint density at radius 2 is 2.00 bits per heavy atom. The molecule has 0 amide bonds. The highest BCUT2D eigenvalue weighted by molar-refractivity contribution is 7.99. The van der Waals surface area contributed by atoms with Gasteiger partial charge in [-0.2, -0.15) is 0 Å². The van der Waals surface area contributed by atoms with Crippen molar-refractivity contribution >= 4 is 17.7 Å². The molecule has 0 saturated carbocycles.